The second-order valence-electron chi connectivity index (χ2n) is 4.08. The summed E-state index contributed by atoms with van der Waals surface area (Å²) in [6, 6.07) is 0.453. The van der Waals surface area contributed by atoms with E-state index in [0.717, 1.165) is 6.54 Å². The average Bonchev–Trinajstić information content (AvgIpc) is 1.86. The fourth-order valence-electron chi connectivity index (χ4n) is 0.692. The molecule has 0 rings (SSSR count). The zero-order chi connectivity index (χ0) is 8.91. The van der Waals surface area contributed by atoms with Crippen LogP contribution in [0.3, 0.4) is 0 Å². The van der Waals surface area contributed by atoms with Gasteiger partial charge in [0.15, 0.2) is 0 Å². The Morgan fingerprint density at radius 3 is 2.27 bits per heavy atom. The van der Waals surface area contributed by atoms with Crippen molar-refractivity contribution in [2.24, 2.45) is 5.41 Å². The Morgan fingerprint density at radius 2 is 1.91 bits per heavy atom. The predicted octanol–water partition coefficient (Wildman–Crippen LogP) is 2.37. The van der Waals surface area contributed by atoms with Crippen molar-refractivity contribution in [3.8, 4) is 0 Å². The van der Waals surface area contributed by atoms with Gasteiger partial charge >= 0.3 is 0 Å². The minimum Gasteiger partial charge on any atom is -0.314 e. The average molecular weight is 161 g/mol. The number of hydrogen-bond acceptors (Lipinski definition) is 1. The van der Waals surface area contributed by atoms with Crippen molar-refractivity contribution in [1.82, 2.24) is 5.32 Å². The van der Waals surface area contributed by atoms with Crippen LogP contribution in [-0.4, -0.2) is 19.3 Å². The maximum Gasteiger partial charge on any atom is 0.0906 e. The summed E-state index contributed by atoms with van der Waals surface area (Å²) < 4.78 is 11.7. The van der Waals surface area contributed by atoms with Gasteiger partial charge in [0.1, 0.15) is 0 Å². The number of rotatable bonds is 4. The molecular formula is C9H20FN. The molecule has 0 saturated carbocycles. The summed E-state index contributed by atoms with van der Waals surface area (Å²) >= 11 is 0. The standard InChI is InChI=1S/C9H20FN/c1-8(9(2,3)4)11-7-5-6-10/h8,11H,5-7H2,1-4H3. The van der Waals surface area contributed by atoms with E-state index < -0.39 is 0 Å². The Morgan fingerprint density at radius 1 is 1.36 bits per heavy atom. The van der Waals surface area contributed by atoms with Gasteiger partial charge in [0.25, 0.3) is 0 Å². The first kappa shape index (κ1) is 10.9. The molecule has 0 aliphatic carbocycles. The summed E-state index contributed by atoms with van der Waals surface area (Å²) in [6.45, 7) is 9.25. The molecule has 11 heavy (non-hydrogen) atoms. The fraction of sp³-hybridized carbons (Fsp3) is 1.00. The Labute approximate surface area is 69.4 Å². The topological polar surface area (TPSA) is 12.0 Å². The van der Waals surface area contributed by atoms with Crippen LogP contribution in [0.2, 0.25) is 0 Å². The van der Waals surface area contributed by atoms with Crippen molar-refractivity contribution in [2.75, 3.05) is 13.2 Å². The van der Waals surface area contributed by atoms with Crippen molar-refractivity contribution in [3.63, 3.8) is 0 Å². The molecule has 0 aromatic heterocycles. The van der Waals surface area contributed by atoms with Gasteiger partial charge in [-0.2, -0.15) is 0 Å². The van der Waals surface area contributed by atoms with E-state index >= 15 is 0 Å². The van der Waals surface area contributed by atoms with E-state index in [9.17, 15) is 4.39 Å². The van der Waals surface area contributed by atoms with Gasteiger partial charge in [0.2, 0.25) is 0 Å². The van der Waals surface area contributed by atoms with Gasteiger partial charge in [-0.1, -0.05) is 20.8 Å². The van der Waals surface area contributed by atoms with Gasteiger partial charge in [-0.05, 0) is 25.3 Å². The molecular weight excluding hydrogens is 141 g/mol. The van der Waals surface area contributed by atoms with E-state index in [0.29, 0.717) is 12.5 Å². The van der Waals surface area contributed by atoms with Gasteiger partial charge in [0, 0.05) is 6.04 Å². The molecule has 0 aliphatic heterocycles. The van der Waals surface area contributed by atoms with Crippen LogP contribution < -0.4 is 5.32 Å². The first-order valence-corrected chi connectivity index (χ1v) is 4.28. The van der Waals surface area contributed by atoms with Crippen LogP contribution in [0.1, 0.15) is 34.1 Å². The molecule has 0 saturated heterocycles. The summed E-state index contributed by atoms with van der Waals surface area (Å²) in [6.07, 6.45) is 0.625. The summed E-state index contributed by atoms with van der Waals surface area (Å²) in [7, 11) is 0. The van der Waals surface area contributed by atoms with Crippen LogP contribution in [0.25, 0.3) is 0 Å². The van der Waals surface area contributed by atoms with E-state index in [2.05, 4.69) is 33.0 Å². The number of nitrogens with one attached hydrogen (secondary N) is 1. The highest BCUT2D eigenvalue weighted by molar-refractivity contribution is 4.75. The smallest absolute Gasteiger partial charge is 0.0906 e. The third-order valence-electron chi connectivity index (χ3n) is 2.06. The third-order valence-corrected chi connectivity index (χ3v) is 2.06. The molecule has 0 spiro atoms. The summed E-state index contributed by atoms with van der Waals surface area (Å²) in [5.41, 5.74) is 0.274. The molecule has 68 valence electrons. The lowest BCUT2D eigenvalue weighted by molar-refractivity contribution is 0.282. The van der Waals surface area contributed by atoms with Gasteiger partial charge in [-0.15, -0.1) is 0 Å². The summed E-state index contributed by atoms with van der Waals surface area (Å²) in [5, 5.41) is 3.28. The highest BCUT2D eigenvalue weighted by Gasteiger charge is 2.18. The van der Waals surface area contributed by atoms with Crippen LogP contribution in [0.15, 0.2) is 0 Å². The molecule has 0 fully saturated rings. The Bertz CT molecular complexity index is 96.2. The molecule has 1 atom stereocenters. The quantitative estimate of drug-likeness (QED) is 0.624. The molecule has 1 N–H and O–H groups in total. The summed E-state index contributed by atoms with van der Waals surface area (Å²) in [4.78, 5) is 0. The maximum absolute atomic E-state index is 11.7. The second-order valence-corrected chi connectivity index (χ2v) is 4.08. The van der Waals surface area contributed by atoms with Gasteiger partial charge in [-0.25, -0.2) is 0 Å². The Kier molecular flexibility index (Phi) is 4.66. The van der Waals surface area contributed by atoms with Crippen molar-refractivity contribution in [1.29, 1.82) is 0 Å². The van der Waals surface area contributed by atoms with E-state index in [1.165, 1.54) is 0 Å². The van der Waals surface area contributed by atoms with Crippen LogP contribution in [0.4, 0.5) is 4.39 Å². The Balaban J connectivity index is 3.44. The second kappa shape index (κ2) is 4.70. The Hall–Kier alpha value is -0.110. The predicted molar refractivity (Wildman–Crippen MR) is 47.5 cm³/mol. The fourth-order valence-corrected chi connectivity index (χ4v) is 0.692. The zero-order valence-electron chi connectivity index (χ0n) is 8.08. The van der Waals surface area contributed by atoms with Crippen molar-refractivity contribution in [2.45, 2.75) is 40.2 Å². The molecule has 2 heteroatoms. The van der Waals surface area contributed by atoms with Crippen molar-refractivity contribution in [3.05, 3.63) is 0 Å². The number of halogens is 1. The zero-order valence-corrected chi connectivity index (χ0v) is 8.08. The van der Waals surface area contributed by atoms with E-state index in [1.807, 2.05) is 0 Å². The van der Waals surface area contributed by atoms with Crippen molar-refractivity contribution >= 4 is 0 Å². The lowest BCUT2D eigenvalue weighted by Gasteiger charge is -2.28. The van der Waals surface area contributed by atoms with E-state index in [1.54, 1.807) is 0 Å². The van der Waals surface area contributed by atoms with Gasteiger partial charge < -0.3 is 5.32 Å². The molecule has 1 unspecified atom stereocenters. The van der Waals surface area contributed by atoms with Gasteiger partial charge in [0.05, 0.1) is 6.67 Å². The van der Waals surface area contributed by atoms with Crippen LogP contribution in [0.5, 0.6) is 0 Å². The minimum atomic E-state index is -0.218. The molecule has 1 nitrogen and oxygen atoms in total. The highest BCUT2D eigenvalue weighted by Crippen LogP contribution is 2.18. The van der Waals surface area contributed by atoms with Crippen LogP contribution in [0, 0.1) is 5.41 Å². The number of hydrogen-bond donors (Lipinski definition) is 1. The third kappa shape index (κ3) is 5.19. The molecule has 0 heterocycles. The number of alkyl halides is 1. The lowest BCUT2D eigenvalue weighted by Crippen LogP contribution is -2.38. The normalized spacial score (nSPS) is 15.0. The molecule has 0 aromatic rings. The summed E-state index contributed by atoms with van der Waals surface area (Å²) in [5.74, 6) is 0. The molecule has 0 amide bonds. The monoisotopic (exact) mass is 161 g/mol. The van der Waals surface area contributed by atoms with Crippen LogP contribution in [-0.2, 0) is 0 Å². The SMILES string of the molecule is CC(NCCCF)C(C)(C)C. The minimum absolute atomic E-state index is 0.218. The van der Waals surface area contributed by atoms with Gasteiger partial charge in [-0.3, -0.25) is 4.39 Å². The maximum atomic E-state index is 11.7. The largest absolute Gasteiger partial charge is 0.314 e. The first-order chi connectivity index (χ1) is 4.98. The molecule has 0 aromatic carbocycles. The van der Waals surface area contributed by atoms with E-state index in [4.69, 9.17) is 0 Å². The van der Waals surface area contributed by atoms with E-state index in [-0.39, 0.29) is 12.1 Å². The molecule has 0 radical (unpaired) electrons. The first-order valence-electron chi connectivity index (χ1n) is 4.28. The lowest BCUT2D eigenvalue weighted by atomic mass is 9.88. The molecule has 0 bridgehead atoms. The van der Waals surface area contributed by atoms with Crippen molar-refractivity contribution < 1.29 is 4.39 Å². The molecule has 0 aliphatic rings. The van der Waals surface area contributed by atoms with Crippen LogP contribution >= 0.6 is 0 Å². The highest BCUT2D eigenvalue weighted by atomic mass is 19.1.